The first-order valence-electron chi connectivity index (χ1n) is 8.17. The van der Waals surface area contributed by atoms with Crippen LogP contribution in [-0.2, 0) is 4.79 Å². The lowest BCUT2D eigenvalue weighted by molar-refractivity contribution is -0.144. The van der Waals surface area contributed by atoms with E-state index in [4.69, 9.17) is 5.11 Å². The molecule has 0 aromatic rings. The number of likely N-dealkylation sites (tertiary alicyclic amines) is 1. The van der Waals surface area contributed by atoms with Gasteiger partial charge in [-0.1, -0.05) is 0 Å². The van der Waals surface area contributed by atoms with Gasteiger partial charge in [0.15, 0.2) is 0 Å². The summed E-state index contributed by atoms with van der Waals surface area (Å²) < 4.78 is 0. The van der Waals surface area contributed by atoms with Crippen LogP contribution in [0.5, 0.6) is 0 Å². The number of hydrogen-bond donors (Lipinski definition) is 1. The lowest BCUT2D eigenvalue weighted by atomic mass is 9.53. The highest BCUT2D eigenvalue weighted by atomic mass is 16.4. The predicted molar refractivity (Wildman–Crippen MR) is 72.8 cm³/mol. The Morgan fingerprint density at radius 1 is 0.895 bits per heavy atom. The number of carboxylic acid groups (broad SMARTS) is 1. The topological polar surface area (TPSA) is 40.5 Å². The van der Waals surface area contributed by atoms with Crippen LogP contribution in [-0.4, -0.2) is 35.1 Å². The molecule has 0 unspecified atom stereocenters. The number of carbonyl (C=O) groups is 1. The molecule has 19 heavy (non-hydrogen) atoms. The number of hydrogen-bond acceptors (Lipinski definition) is 2. The maximum Gasteiger partial charge on any atom is 0.306 e. The van der Waals surface area contributed by atoms with E-state index in [0.717, 1.165) is 55.6 Å². The van der Waals surface area contributed by atoms with Gasteiger partial charge in [-0.25, -0.2) is 0 Å². The van der Waals surface area contributed by atoms with Crippen molar-refractivity contribution in [2.24, 2.45) is 29.6 Å². The van der Waals surface area contributed by atoms with E-state index in [0.29, 0.717) is 0 Å². The molecule has 1 aliphatic heterocycles. The highest BCUT2D eigenvalue weighted by Gasteiger charge is 2.50. The Kier molecular flexibility index (Phi) is 2.87. The standard InChI is InChI=1S/C16H25NO2/c18-16(19)12-1-3-17(4-2-12)15-13-6-10-5-11(8-13)9-14(15)7-10/h10-15H,1-9H2,(H,18,19). The molecule has 4 bridgehead atoms. The van der Waals surface area contributed by atoms with E-state index in [1.54, 1.807) is 0 Å². The molecule has 0 amide bonds. The maximum atomic E-state index is 11.1. The SMILES string of the molecule is O=C(O)C1CCN(C2C3CC4CC(C3)CC2C4)CC1. The van der Waals surface area contributed by atoms with Crippen LogP contribution in [0.4, 0.5) is 0 Å². The molecule has 0 spiro atoms. The van der Waals surface area contributed by atoms with E-state index < -0.39 is 5.97 Å². The fraction of sp³-hybridized carbons (Fsp3) is 0.938. The maximum absolute atomic E-state index is 11.1. The summed E-state index contributed by atoms with van der Waals surface area (Å²) in [5.74, 6) is 3.30. The zero-order valence-electron chi connectivity index (χ0n) is 11.6. The molecule has 106 valence electrons. The lowest BCUT2D eigenvalue weighted by Gasteiger charge is -2.58. The average molecular weight is 263 g/mol. The summed E-state index contributed by atoms with van der Waals surface area (Å²) in [6, 6.07) is 0.808. The Morgan fingerprint density at radius 3 is 1.89 bits per heavy atom. The van der Waals surface area contributed by atoms with Crippen molar-refractivity contribution >= 4 is 5.97 Å². The summed E-state index contributed by atoms with van der Waals surface area (Å²) in [5, 5.41) is 9.12. The van der Waals surface area contributed by atoms with Gasteiger partial charge in [0.1, 0.15) is 0 Å². The van der Waals surface area contributed by atoms with Crippen LogP contribution in [0.15, 0.2) is 0 Å². The summed E-state index contributed by atoms with van der Waals surface area (Å²) in [4.78, 5) is 13.7. The Hall–Kier alpha value is -0.570. The van der Waals surface area contributed by atoms with Crippen molar-refractivity contribution in [1.29, 1.82) is 0 Å². The summed E-state index contributed by atoms with van der Waals surface area (Å²) in [7, 11) is 0. The predicted octanol–water partition coefficient (Wildman–Crippen LogP) is 2.61. The highest BCUT2D eigenvalue weighted by Crippen LogP contribution is 2.55. The molecule has 0 atom stereocenters. The van der Waals surface area contributed by atoms with Crippen molar-refractivity contribution < 1.29 is 9.90 Å². The number of aliphatic carboxylic acids is 1. The summed E-state index contributed by atoms with van der Waals surface area (Å²) in [6.45, 7) is 2.06. The third-order valence-electron chi connectivity index (χ3n) is 6.48. The van der Waals surface area contributed by atoms with E-state index in [1.165, 1.54) is 32.1 Å². The van der Waals surface area contributed by atoms with Crippen LogP contribution >= 0.6 is 0 Å². The smallest absolute Gasteiger partial charge is 0.306 e. The minimum absolute atomic E-state index is 0.0758. The van der Waals surface area contributed by atoms with Crippen LogP contribution in [0, 0.1) is 29.6 Å². The Bertz CT molecular complexity index is 345. The molecule has 1 heterocycles. The molecule has 3 heteroatoms. The minimum atomic E-state index is -0.579. The molecule has 4 aliphatic carbocycles. The first kappa shape index (κ1) is 12.2. The third-order valence-corrected chi connectivity index (χ3v) is 6.48. The van der Waals surface area contributed by atoms with Gasteiger partial charge in [-0.3, -0.25) is 9.69 Å². The summed E-state index contributed by atoms with van der Waals surface area (Å²) in [6.07, 6.45) is 9.14. The summed E-state index contributed by atoms with van der Waals surface area (Å²) >= 11 is 0. The number of rotatable bonds is 2. The van der Waals surface area contributed by atoms with Gasteiger partial charge in [0.25, 0.3) is 0 Å². The molecule has 5 rings (SSSR count). The zero-order chi connectivity index (χ0) is 13.0. The fourth-order valence-electron chi connectivity index (χ4n) is 5.94. The third kappa shape index (κ3) is 2.01. The molecule has 3 nitrogen and oxygen atoms in total. The van der Waals surface area contributed by atoms with Gasteiger partial charge in [0.2, 0.25) is 0 Å². The first-order chi connectivity index (χ1) is 9.20. The van der Waals surface area contributed by atoms with Gasteiger partial charge in [0, 0.05) is 6.04 Å². The largest absolute Gasteiger partial charge is 0.481 e. The molecular weight excluding hydrogens is 238 g/mol. The monoisotopic (exact) mass is 263 g/mol. The average Bonchev–Trinajstić information content (AvgIpc) is 2.38. The van der Waals surface area contributed by atoms with Crippen molar-refractivity contribution in [2.45, 2.75) is 51.0 Å². The van der Waals surface area contributed by atoms with Crippen LogP contribution in [0.25, 0.3) is 0 Å². The molecule has 0 aromatic heterocycles. The van der Waals surface area contributed by atoms with E-state index in [2.05, 4.69) is 4.90 Å². The Morgan fingerprint density at radius 2 is 1.42 bits per heavy atom. The fourth-order valence-corrected chi connectivity index (χ4v) is 5.94. The second-order valence-corrected chi connectivity index (χ2v) is 7.57. The highest BCUT2D eigenvalue weighted by molar-refractivity contribution is 5.70. The van der Waals surface area contributed by atoms with Gasteiger partial charge in [0.05, 0.1) is 5.92 Å². The van der Waals surface area contributed by atoms with E-state index in [9.17, 15) is 4.79 Å². The second kappa shape index (κ2) is 4.47. The van der Waals surface area contributed by atoms with E-state index in [1.807, 2.05) is 0 Å². The van der Waals surface area contributed by atoms with Gasteiger partial charge < -0.3 is 5.11 Å². The van der Waals surface area contributed by atoms with Crippen molar-refractivity contribution in [3.05, 3.63) is 0 Å². The molecule has 5 aliphatic rings. The minimum Gasteiger partial charge on any atom is -0.481 e. The first-order valence-corrected chi connectivity index (χ1v) is 8.17. The number of carboxylic acids is 1. The van der Waals surface area contributed by atoms with Crippen LogP contribution in [0.3, 0.4) is 0 Å². The quantitative estimate of drug-likeness (QED) is 0.832. The van der Waals surface area contributed by atoms with Crippen LogP contribution in [0.1, 0.15) is 44.9 Å². The van der Waals surface area contributed by atoms with Crippen molar-refractivity contribution in [1.82, 2.24) is 4.90 Å². The molecular formula is C16H25NO2. The van der Waals surface area contributed by atoms with Crippen molar-refractivity contribution in [3.63, 3.8) is 0 Å². The van der Waals surface area contributed by atoms with Gasteiger partial charge >= 0.3 is 5.97 Å². The van der Waals surface area contributed by atoms with E-state index in [-0.39, 0.29) is 5.92 Å². The number of piperidine rings is 1. The lowest BCUT2D eigenvalue weighted by Crippen LogP contribution is -2.57. The van der Waals surface area contributed by atoms with Gasteiger partial charge in [-0.05, 0) is 81.7 Å². The molecule has 4 saturated carbocycles. The van der Waals surface area contributed by atoms with Crippen molar-refractivity contribution in [3.8, 4) is 0 Å². The molecule has 1 N–H and O–H groups in total. The normalized spacial score (nSPS) is 46.6. The molecule has 0 radical (unpaired) electrons. The number of nitrogens with zero attached hydrogens (tertiary/aromatic N) is 1. The van der Waals surface area contributed by atoms with Crippen LogP contribution in [0.2, 0.25) is 0 Å². The van der Waals surface area contributed by atoms with E-state index >= 15 is 0 Å². The molecule has 5 fully saturated rings. The van der Waals surface area contributed by atoms with Gasteiger partial charge in [-0.2, -0.15) is 0 Å². The Balaban J connectivity index is 1.44. The zero-order valence-corrected chi connectivity index (χ0v) is 11.6. The van der Waals surface area contributed by atoms with Crippen LogP contribution < -0.4 is 0 Å². The van der Waals surface area contributed by atoms with Crippen molar-refractivity contribution in [2.75, 3.05) is 13.1 Å². The second-order valence-electron chi connectivity index (χ2n) is 7.57. The molecule has 0 aromatic carbocycles. The molecule has 1 saturated heterocycles. The van der Waals surface area contributed by atoms with Gasteiger partial charge in [-0.15, -0.1) is 0 Å². The summed E-state index contributed by atoms with van der Waals surface area (Å²) in [5.41, 5.74) is 0. The Labute approximate surface area is 115 Å².